The Morgan fingerprint density at radius 3 is 2.86 bits per heavy atom. The predicted octanol–water partition coefficient (Wildman–Crippen LogP) is 3.23. The van der Waals surface area contributed by atoms with Gasteiger partial charge < -0.3 is 11.1 Å². The number of pyridine rings is 1. The lowest BCUT2D eigenvalue weighted by atomic mass is 10.2. The van der Waals surface area contributed by atoms with Crippen molar-refractivity contribution in [2.75, 3.05) is 11.1 Å². The van der Waals surface area contributed by atoms with Gasteiger partial charge in [-0.1, -0.05) is 6.07 Å². The second-order valence-electron chi connectivity index (χ2n) is 5.35. The molecule has 0 radical (unpaired) electrons. The van der Waals surface area contributed by atoms with Crippen molar-refractivity contribution in [3.05, 3.63) is 48.4 Å². The van der Waals surface area contributed by atoms with Crippen molar-refractivity contribution in [3.8, 4) is 0 Å². The molecule has 0 unspecified atom stereocenters. The van der Waals surface area contributed by atoms with Gasteiger partial charge in [0.1, 0.15) is 17.5 Å². The van der Waals surface area contributed by atoms with E-state index in [-0.39, 0.29) is 0 Å². The Morgan fingerprint density at radius 2 is 2.00 bits per heavy atom. The van der Waals surface area contributed by atoms with Crippen LogP contribution >= 0.6 is 0 Å². The van der Waals surface area contributed by atoms with Crippen LogP contribution in [0.4, 0.5) is 17.3 Å². The molecule has 3 aromatic rings. The fraction of sp³-hybridized carbons (Fsp3) is 0.188. The smallest absolute Gasteiger partial charge is 0.136 e. The van der Waals surface area contributed by atoms with Gasteiger partial charge in [0.15, 0.2) is 0 Å². The monoisotopic (exact) mass is 277 g/mol. The van der Waals surface area contributed by atoms with Gasteiger partial charge in [0, 0.05) is 29.3 Å². The molecule has 5 nitrogen and oxygen atoms in total. The van der Waals surface area contributed by atoms with Gasteiger partial charge in [0.05, 0.1) is 5.52 Å². The number of nitrogens with zero attached hydrogens (tertiary/aromatic N) is 3. The summed E-state index contributed by atoms with van der Waals surface area (Å²) in [5.74, 6) is 2.58. The zero-order chi connectivity index (χ0) is 14.2. The predicted molar refractivity (Wildman–Crippen MR) is 83.4 cm³/mol. The zero-order valence-corrected chi connectivity index (χ0v) is 11.5. The molecule has 0 bridgehead atoms. The number of rotatable bonds is 3. The van der Waals surface area contributed by atoms with Crippen LogP contribution in [0.2, 0.25) is 0 Å². The third-order valence-electron chi connectivity index (χ3n) is 3.58. The molecule has 1 aliphatic rings. The molecule has 2 aromatic heterocycles. The standard InChI is InChI=1S/C16H15N5/c17-14-9-15(21-16(20-14)10-3-4-10)19-12-5-6-13-11(8-12)2-1-7-18-13/h1-2,5-10H,3-4H2,(H3,17,19,20,21). The molecule has 1 aromatic carbocycles. The Kier molecular flexibility index (Phi) is 2.70. The van der Waals surface area contributed by atoms with Gasteiger partial charge in [-0.2, -0.15) is 0 Å². The molecule has 0 spiro atoms. The summed E-state index contributed by atoms with van der Waals surface area (Å²) in [6.07, 6.45) is 4.11. The van der Waals surface area contributed by atoms with Crippen LogP contribution in [0.15, 0.2) is 42.6 Å². The van der Waals surface area contributed by atoms with Crippen molar-refractivity contribution in [1.82, 2.24) is 15.0 Å². The molecule has 3 N–H and O–H groups in total. The summed E-state index contributed by atoms with van der Waals surface area (Å²) in [5.41, 5.74) is 7.81. The number of nitrogens with one attached hydrogen (secondary N) is 1. The normalized spacial score (nSPS) is 14.3. The Balaban J connectivity index is 1.67. The van der Waals surface area contributed by atoms with Crippen molar-refractivity contribution >= 4 is 28.2 Å². The van der Waals surface area contributed by atoms with E-state index in [1.807, 2.05) is 24.3 Å². The van der Waals surface area contributed by atoms with Gasteiger partial charge in [-0.15, -0.1) is 0 Å². The Bertz CT molecular complexity index is 811. The largest absolute Gasteiger partial charge is 0.384 e. The third kappa shape index (κ3) is 2.50. The maximum absolute atomic E-state index is 5.87. The van der Waals surface area contributed by atoms with Crippen molar-refractivity contribution in [2.24, 2.45) is 0 Å². The summed E-state index contributed by atoms with van der Waals surface area (Å²) >= 11 is 0. The molecular weight excluding hydrogens is 262 g/mol. The quantitative estimate of drug-likeness (QED) is 0.768. The first-order valence-electron chi connectivity index (χ1n) is 7.04. The average molecular weight is 277 g/mol. The van der Waals surface area contributed by atoms with E-state index in [0.717, 1.165) is 41.1 Å². The summed E-state index contributed by atoms with van der Waals surface area (Å²) in [4.78, 5) is 13.2. The van der Waals surface area contributed by atoms with Gasteiger partial charge in [-0.3, -0.25) is 4.98 Å². The molecule has 104 valence electrons. The Labute approximate surface area is 122 Å². The highest BCUT2D eigenvalue weighted by atomic mass is 15.1. The van der Waals surface area contributed by atoms with E-state index < -0.39 is 0 Å². The molecule has 0 saturated heterocycles. The van der Waals surface area contributed by atoms with Crippen molar-refractivity contribution < 1.29 is 0 Å². The topological polar surface area (TPSA) is 76.7 Å². The summed E-state index contributed by atoms with van der Waals surface area (Å²) in [6.45, 7) is 0. The van der Waals surface area contributed by atoms with Gasteiger partial charge in [-0.25, -0.2) is 9.97 Å². The molecule has 0 atom stereocenters. The van der Waals surface area contributed by atoms with E-state index in [1.54, 1.807) is 12.3 Å². The van der Waals surface area contributed by atoms with Crippen LogP contribution in [0, 0.1) is 0 Å². The molecule has 4 rings (SSSR count). The first kappa shape index (κ1) is 12.1. The van der Waals surface area contributed by atoms with Gasteiger partial charge in [0.2, 0.25) is 0 Å². The van der Waals surface area contributed by atoms with Crippen LogP contribution in [0.5, 0.6) is 0 Å². The first-order chi connectivity index (χ1) is 10.3. The summed E-state index contributed by atoms with van der Waals surface area (Å²) in [7, 11) is 0. The zero-order valence-electron chi connectivity index (χ0n) is 11.5. The second-order valence-corrected chi connectivity index (χ2v) is 5.35. The molecule has 5 heteroatoms. The van der Waals surface area contributed by atoms with Crippen LogP contribution in [-0.4, -0.2) is 15.0 Å². The van der Waals surface area contributed by atoms with E-state index in [9.17, 15) is 0 Å². The highest BCUT2D eigenvalue weighted by molar-refractivity contribution is 5.83. The number of nitrogens with two attached hydrogens (primary N) is 1. The molecule has 2 heterocycles. The van der Waals surface area contributed by atoms with Gasteiger partial charge in [0.25, 0.3) is 0 Å². The fourth-order valence-electron chi connectivity index (χ4n) is 2.37. The minimum Gasteiger partial charge on any atom is -0.384 e. The summed E-state index contributed by atoms with van der Waals surface area (Å²) < 4.78 is 0. The maximum atomic E-state index is 5.87. The van der Waals surface area contributed by atoms with Crippen LogP contribution in [0.1, 0.15) is 24.6 Å². The highest BCUT2D eigenvalue weighted by Crippen LogP contribution is 2.38. The SMILES string of the molecule is Nc1cc(Nc2ccc3ncccc3c2)nc(C2CC2)n1. The lowest BCUT2D eigenvalue weighted by Gasteiger charge is -2.09. The molecular formula is C16H15N5. The lowest BCUT2D eigenvalue weighted by Crippen LogP contribution is -2.02. The van der Waals surface area contributed by atoms with E-state index in [1.165, 1.54) is 0 Å². The van der Waals surface area contributed by atoms with E-state index in [4.69, 9.17) is 5.73 Å². The van der Waals surface area contributed by atoms with Crippen LogP contribution in [0.25, 0.3) is 10.9 Å². The molecule has 1 aliphatic carbocycles. The molecule has 0 aliphatic heterocycles. The van der Waals surface area contributed by atoms with Crippen LogP contribution < -0.4 is 11.1 Å². The van der Waals surface area contributed by atoms with E-state index in [2.05, 4.69) is 26.3 Å². The Hall–Kier alpha value is -2.69. The van der Waals surface area contributed by atoms with Crippen LogP contribution in [-0.2, 0) is 0 Å². The van der Waals surface area contributed by atoms with E-state index in [0.29, 0.717) is 11.7 Å². The summed E-state index contributed by atoms with van der Waals surface area (Å²) in [6, 6.07) is 11.8. The van der Waals surface area contributed by atoms with Crippen molar-refractivity contribution in [2.45, 2.75) is 18.8 Å². The van der Waals surface area contributed by atoms with Crippen molar-refractivity contribution in [3.63, 3.8) is 0 Å². The maximum Gasteiger partial charge on any atom is 0.136 e. The Morgan fingerprint density at radius 1 is 1.10 bits per heavy atom. The highest BCUT2D eigenvalue weighted by Gasteiger charge is 2.27. The minimum absolute atomic E-state index is 0.481. The molecule has 1 fully saturated rings. The van der Waals surface area contributed by atoms with Gasteiger partial charge in [-0.05, 0) is 37.1 Å². The second kappa shape index (κ2) is 4.70. The number of hydrogen-bond acceptors (Lipinski definition) is 5. The number of benzene rings is 1. The molecule has 0 amide bonds. The third-order valence-corrected chi connectivity index (χ3v) is 3.58. The average Bonchev–Trinajstić information content (AvgIpc) is 3.31. The number of fused-ring (bicyclic) bond motifs is 1. The first-order valence-corrected chi connectivity index (χ1v) is 7.04. The lowest BCUT2D eigenvalue weighted by molar-refractivity contribution is 0.936. The number of hydrogen-bond donors (Lipinski definition) is 2. The van der Waals surface area contributed by atoms with Crippen LogP contribution in [0.3, 0.4) is 0 Å². The number of aromatic nitrogens is 3. The fourth-order valence-corrected chi connectivity index (χ4v) is 2.37. The molecule has 1 saturated carbocycles. The number of nitrogen functional groups attached to an aromatic ring is 1. The van der Waals surface area contributed by atoms with E-state index >= 15 is 0 Å². The minimum atomic E-state index is 0.481. The summed E-state index contributed by atoms with van der Waals surface area (Å²) in [5, 5.41) is 4.39. The molecule has 21 heavy (non-hydrogen) atoms. The number of anilines is 3. The van der Waals surface area contributed by atoms with Crippen molar-refractivity contribution in [1.29, 1.82) is 0 Å². The van der Waals surface area contributed by atoms with Gasteiger partial charge >= 0.3 is 0 Å².